The molecule has 5 rings (SSSR count). The first-order valence-corrected chi connectivity index (χ1v) is 9.41. The molecule has 5 nitrogen and oxygen atoms in total. The molecule has 0 radical (unpaired) electrons. The Bertz CT molecular complexity index is 647. The minimum absolute atomic E-state index is 0.0254. The van der Waals surface area contributed by atoms with E-state index in [0.29, 0.717) is 11.3 Å². The number of hydrogen-bond donors (Lipinski definition) is 3. The first-order valence-electron chi connectivity index (χ1n) is 9.41. The number of nitrogens with one attached hydrogen (secondary N) is 2. The highest BCUT2D eigenvalue weighted by molar-refractivity contribution is 5.96. The molecule has 4 saturated carbocycles. The lowest BCUT2D eigenvalue weighted by Crippen LogP contribution is -2.62. The molecule has 4 aliphatic carbocycles. The van der Waals surface area contributed by atoms with E-state index in [1.54, 1.807) is 24.3 Å². The molecule has 4 N–H and O–H groups in total. The Hall–Kier alpha value is -1.88. The molecule has 1 aromatic rings. The quantitative estimate of drug-likeness (QED) is 0.770. The number of primary amides is 1. The summed E-state index contributed by atoms with van der Waals surface area (Å²) in [5.74, 6) is 2.08. The number of rotatable bonds is 5. The molecule has 4 fully saturated rings. The van der Waals surface area contributed by atoms with Crippen LogP contribution in [0.1, 0.15) is 55.8 Å². The minimum Gasteiger partial charge on any atom is -0.366 e. The Kier molecular flexibility index (Phi) is 4.07. The van der Waals surface area contributed by atoms with Gasteiger partial charge in [-0.15, -0.1) is 0 Å². The van der Waals surface area contributed by atoms with E-state index < -0.39 is 5.91 Å². The number of hydrogen-bond acceptors (Lipinski definition) is 3. The fourth-order valence-electron chi connectivity index (χ4n) is 5.78. The molecule has 2 amide bonds. The predicted octanol–water partition coefficient (Wildman–Crippen LogP) is 2.67. The maximum atomic E-state index is 12.6. The number of nitrogens with two attached hydrogens (primary N) is 1. The number of amides is 2. The van der Waals surface area contributed by atoms with E-state index in [1.165, 1.54) is 38.5 Å². The number of benzene rings is 1. The zero-order valence-electron chi connectivity index (χ0n) is 14.8. The molecule has 0 aromatic heterocycles. The highest BCUT2D eigenvalue weighted by Gasteiger charge is 2.51. The Labute approximate surface area is 148 Å². The lowest BCUT2D eigenvalue weighted by molar-refractivity contribution is -0.119. The van der Waals surface area contributed by atoms with Crippen LogP contribution in [0.2, 0.25) is 0 Å². The fraction of sp³-hybridized carbons (Fsp3) is 0.600. The van der Waals surface area contributed by atoms with Crippen molar-refractivity contribution in [3.63, 3.8) is 0 Å². The third-order valence-electron chi connectivity index (χ3n) is 6.39. The van der Waals surface area contributed by atoms with Gasteiger partial charge in [-0.3, -0.25) is 9.59 Å². The first kappa shape index (κ1) is 16.6. The number of carbonyl (C=O) groups is 2. The van der Waals surface area contributed by atoms with E-state index in [9.17, 15) is 9.59 Å². The van der Waals surface area contributed by atoms with Crippen molar-refractivity contribution in [2.24, 2.45) is 23.5 Å². The highest BCUT2D eigenvalue weighted by atomic mass is 16.2. The topological polar surface area (TPSA) is 84.2 Å². The van der Waals surface area contributed by atoms with Crippen molar-refractivity contribution in [3.8, 4) is 0 Å². The van der Waals surface area contributed by atoms with Gasteiger partial charge in [-0.05, 0) is 87.5 Å². The SMILES string of the molecule is C[C@H](NC12CC3CC(CC(C3)C1)C2)C(=O)Nc1ccc(C(N)=O)cc1. The van der Waals surface area contributed by atoms with E-state index >= 15 is 0 Å². The van der Waals surface area contributed by atoms with Crippen molar-refractivity contribution in [1.82, 2.24) is 5.32 Å². The van der Waals surface area contributed by atoms with Crippen LogP contribution in [0, 0.1) is 17.8 Å². The monoisotopic (exact) mass is 341 g/mol. The number of carbonyl (C=O) groups excluding carboxylic acids is 2. The normalized spacial score (nSPS) is 33.9. The van der Waals surface area contributed by atoms with Crippen LogP contribution in [0.5, 0.6) is 0 Å². The van der Waals surface area contributed by atoms with Crippen LogP contribution in [0.3, 0.4) is 0 Å². The summed E-state index contributed by atoms with van der Waals surface area (Å²) >= 11 is 0. The largest absolute Gasteiger partial charge is 0.366 e. The summed E-state index contributed by atoms with van der Waals surface area (Å²) < 4.78 is 0. The van der Waals surface area contributed by atoms with Gasteiger partial charge in [0.15, 0.2) is 0 Å². The maximum Gasteiger partial charge on any atom is 0.248 e. The summed E-state index contributed by atoms with van der Waals surface area (Å²) in [7, 11) is 0. The van der Waals surface area contributed by atoms with Crippen molar-refractivity contribution in [3.05, 3.63) is 29.8 Å². The van der Waals surface area contributed by atoms with Gasteiger partial charge in [0.2, 0.25) is 11.8 Å². The van der Waals surface area contributed by atoms with Gasteiger partial charge in [0.25, 0.3) is 0 Å². The highest BCUT2D eigenvalue weighted by Crippen LogP contribution is 2.55. The molecular weight excluding hydrogens is 314 g/mol. The number of anilines is 1. The predicted molar refractivity (Wildman–Crippen MR) is 97.1 cm³/mol. The fourth-order valence-corrected chi connectivity index (χ4v) is 5.78. The van der Waals surface area contributed by atoms with Crippen LogP contribution in [-0.4, -0.2) is 23.4 Å². The second-order valence-electron chi connectivity index (χ2n) is 8.49. The molecule has 1 aromatic carbocycles. The van der Waals surface area contributed by atoms with Crippen LogP contribution < -0.4 is 16.4 Å². The maximum absolute atomic E-state index is 12.6. The summed E-state index contributed by atoms with van der Waals surface area (Å²) in [6.45, 7) is 1.95. The Morgan fingerprint density at radius 1 is 1.04 bits per heavy atom. The van der Waals surface area contributed by atoms with Gasteiger partial charge in [-0.1, -0.05) is 0 Å². The second kappa shape index (κ2) is 6.13. The van der Waals surface area contributed by atoms with Gasteiger partial charge in [-0.2, -0.15) is 0 Å². The van der Waals surface area contributed by atoms with Crippen molar-refractivity contribution >= 4 is 17.5 Å². The van der Waals surface area contributed by atoms with Crippen LogP contribution >= 0.6 is 0 Å². The van der Waals surface area contributed by atoms with Crippen LogP contribution in [-0.2, 0) is 4.79 Å². The van der Waals surface area contributed by atoms with E-state index in [2.05, 4.69) is 10.6 Å². The standard InChI is InChI=1S/C20H27N3O2/c1-12(19(25)22-17-4-2-16(3-5-17)18(21)24)23-20-9-13-6-14(10-20)8-15(7-13)11-20/h2-5,12-15,23H,6-11H2,1H3,(H2,21,24)(H,22,25)/t12-,13?,14?,15?,20?/m0/s1. The van der Waals surface area contributed by atoms with Gasteiger partial charge >= 0.3 is 0 Å². The van der Waals surface area contributed by atoms with Crippen molar-refractivity contribution < 1.29 is 9.59 Å². The van der Waals surface area contributed by atoms with Crippen LogP contribution in [0.15, 0.2) is 24.3 Å². The Balaban J connectivity index is 1.38. The average Bonchev–Trinajstić information content (AvgIpc) is 2.53. The molecule has 0 aliphatic heterocycles. The smallest absolute Gasteiger partial charge is 0.248 e. The zero-order chi connectivity index (χ0) is 17.6. The molecule has 0 heterocycles. The van der Waals surface area contributed by atoms with Crippen molar-refractivity contribution in [2.45, 2.75) is 57.0 Å². The first-order chi connectivity index (χ1) is 11.9. The summed E-state index contributed by atoms with van der Waals surface area (Å²) in [6, 6.07) is 6.47. The average molecular weight is 341 g/mol. The summed E-state index contributed by atoms with van der Waals surface area (Å²) in [5, 5.41) is 6.62. The van der Waals surface area contributed by atoms with Gasteiger partial charge in [-0.25, -0.2) is 0 Å². The second-order valence-corrected chi connectivity index (χ2v) is 8.49. The molecule has 5 heteroatoms. The van der Waals surface area contributed by atoms with Crippen LogP contribution in [0.25, 0.3) is 0 Å². The molecule has 1 atom stereocenters. The Morgan fingerprint density at radius 2 is 1.56 bits per heavy atom. The summed E-state index contributed by atoms with van der Waals surface area (Å²) in [5.41, 5.74) is 6.54. The third kappa shape index (κ3) is 3.30. The molecule has 0 spiro atoms. The van der Waals surface area contributed by atoms with E-state index in [0.717, 1.165) is 17.8 Å². The van der Waals surface area contributed by atoms with Gasteiger partial charge in [0.05, 0.1) is 6.04 Å². The van der Waals surface area contributed by atoms with Gasteiger partial charge < -0.3 is 16.4 Å². The lowest BCUT2D eigenvalue weighted by atomic mass is 9.53. The molecule has 4 bridgehead atoms. The van der Waals surface area contributed by atoms with Gasteiger partial charge in [0, 0.05) is 16.8 Å². The van der Waals surface area contributed by atoms with E-state index in [-0.39, 0.29) is 17.5 Å². The minimum atomic E-state index is -0.463. The zero-order valence-corrected chi connectivity index (χ0v) is 14.8. The van der Waals surface area contributed by atoms with E-state index in [1.807, 2.05) is 6.92 Å². The van der Waals surface area contributed by atoms with Crippen LogP contribution in [0.4, 0.5) is 5.69 Å². The molecule has 25 heavy (non-hydrogen) atoms. The molecule has 0 unspecified atom stereocenters. The molecule has 134 valence electrons. The summed E-state index contributed by atoms with van der Waals surface area (Å²) in [4.78, 5) is 23.7. The van der Waals surface area contributed by atoms with Crippen molar-refractivity contribution in [1.29, 1.82) is 0 Å². The third-order valence-corrected chi connectivity index (χ3v) is 6.39. The molecular formula is C20H27N3O2. The lowest BCUT2D eigenvalue weighted by Gasteiger charge is -2.57. The van der Waals surface area contributed by atoms with Crippen molar-refractivity contribution in [2.75, 3.05) is 5.32 Å². The summed E-state index contributed by atoms with van der Waals surface area (Å²) in [6.07, 6.45) is 7.87. The molecule has 0 saturated heterocycles. The Morgan fingerprint density at radius 3 is 2.04 bits per heavy atom. The van der Waals surface area contributed by atoms with E-state index in [4.69, 9.17) is 5.73 Å². The van der Waals surface area contributed by atoms with Gasteiger partial charge in [0.1, 0.15) is 0 Å². The molecule has 4 aliphatic rings.